The highest BCUT2D eigenvalue weighted by atomic mass is 19.1. The van der Waals surface area contributed by atoms with Crippen LogP contribution < -0.4 is 5.32 Å². The summed E-state index contributed by atoms with van der Waals surface area (Å²) in [5, 5.41) is 17.0. The Morgan fingerprint density at radius 3 is 2.52 bits per heavy atom. The van der Waals surface area contributed by atoms with Gasteiger partial charge >= 0.3 is 0 Å². The zero-order valence-corrected chi connectivity index (χ0v) is 15.9. The van der Waals surface area contributed by atoms with Gasteiger partial charge in [-0.15, -0.1) is 0 Å². The molecule has 1 amide bonds. The molecule has 5 nitrogen and oxygen atoms in total. The Balaban J connectivity index is 1.78. The van der Waals surface area contributed by atoms with E-state index in [-0.39, 0.29) is 23.3 Å². The van der Waals surface area contributed by atoms with Gasteiger partial charge in [0.25, 0.3) is 5.91 Å². The van der Waals surface area contributed by atoms with E-state index in [0.717, 1.165) is 24.0 Å². The number of carbonyl (C=O) groups excluding carboxylic acids is 1. The molecule has 2 aromatic carbocycles. The molecule has 0 atom stereocenters. The molecule has 0 aliphatic heterocycles. The topological polar surface area (TPSA) is 70.7 Å². The third-order valence-electron chi connectivity index (χ3n) is 4.74. The van der Waals surface area contributed by atoms with Crippen molar-refractivity contribution in [1.82, 2.24) is 15.1 Å². The number of hydrogen-bond donors (Lipinski definition) is 1. The fourth-order valence-electron chi connectivity index (χ4n) is 2.95. The normalized spacial score (nSPS) is 13.8. The van der Waals surface area contributed by atoms with E-state index in [1.165, 1.54) is 12.1 Å². The zero-order valence-electron chi connectivity index (χ0n) is 15.9. The van der Waals surface area contributed by atoms with E-state index < -0.39 is 0 Å². The van der Waals surface area contributed by atoms with Crippen LogP contribution in [0.2, 0.25) is 0 Å². The number of nitriles is 1. The summed E-state index contributed by atoms with van der Waals surface area (Å²) in [6, 6.07) is 16.0. The minimum Gasteiger partial charge on any atom is -0.349 e. The minimum atomic E-state index is -0.376. The van der Waals surface area contributed by atoms with E-state index in [9.17, 15) is 14.4 Å². The third kappa shape index (κ3) is 4.25. The Labute approximate surface area is 168 Å². The van der Waals surface area contributed by atoms with Crippen LogP contribution in [0.25, 0.3) is 23.0 Å². The molecule has 1 aliphatic rings. The Bertz CT molecular complexity index is 1120. The molecule has 1 fully saturated rings. The summed E-state index contributed by atoms with van der Waals surface area (Å²) in [5.41, 5.74) is 3.97. The summed E-state index contributed by atoms with van der Waals surface area (Å²) in [6.07, 6.45) is 5.19. The molecule has 0 saturated heterocycles. The first-order chi connectivity index (χ1) is 14.0. The smallest absolute Gasteiger partial charge is 0.262 e. The van der Waals surface area contributed by atoms with E-state index in [1.54, 1.807) is 29.1 Å². The van der Waals surface area contributed by atoms with Gasteiger partial charge in [0.05, 0.1) is 11.4 Å². The van der Waals surface area contributed by atoms with Gasteiger partial charge in [0.15, 0.2) is 0 Å². The fourth-order valence-corrected chi connectivity index (χ4v) is 2.95. The monoisotopic (exact) mass is 386 g/mol. The second kappa shape index (κ2) is 7.72. The number of halogens is 1. The largest absolute Gasteiger partial charge is 0.349 e. The number of nitrogens with zero attached hydrogens (tertiary/aromatic N) is 3. The molecular formula is C23H19FN4O. The Hall–Kier alpha value is -3.72. The van der Waals surface area contributed by atoms with Crippen molar-refractivity contribution in [3.8, 4) is 23.0 Å². The van der Waals surface area contributed by atoms with E-state index in [2.05, 4.69) is 10.4 Å². The van der Waals surface area contributed by atoms with E-state index >= 15 is 0 Å². The molecule has 1 saturated carbocycles. The van der Waals surface area contributed by atoms with Gasteiger partial charge in [-0.1, -0.05) is 29.8 Å². The summed E-state index contributed by atoms with van der Waals surface area (Å²) in [4.78, 5) is 12.4. The number of nitrogens with one attached hydrogen (secondary N) is 1. The SMILES string of the molecule is Cc1ccc(-c2nn(-c3ccc(F)cc3)cc2/C=C(\C#N)C(=O)NC2CC2)cc1. The highest BCUT2D eigenvalue weighted by molar-refractivity contribution is 6.02. The van der Waals surface area contributed by atoms with Gasteiger partial charge in [0.1, 0.15) is 17.5 Å². The molecular weight excluding hydrogens is 367 g/mol. The lowest BCUT2D eigenvalue weighted by atomic mass is 10.0. The van der Waals surface area contributed by atoms with Gasteiger partial charge in [0.2, 0.25) is 0 Å². The molecule has 1 N–H and O–H groups in total. The van der Waals surface area contributed by atoms with Gasteiger partial charge in [-0.05, 0) is 50.1 Å². The predicted molar refractivity (Wildman–Crippen MR) is 108 cm³/mol. The summed E-state index contributed by atoms with van der Waals surface area (Å²) >= 11 is 0. The molecule has 0 spiro atoms. The van der Waals surface area contributed by atoms with Crippen LogP contribution in [0.3, 0.4) is 0 Å². The molecule has 29 heavy (non-hydrogen) atoms. The number of hydrogen-bond acceptors (Lipinski definition) is 3. The second-order valence-electron chi connectivity index (χ2n) is 7.14. The van der Waals surface area contributed by atoms with Crippen molar-refractivity contribution in [1.29, 1.82) is 5.26 Å². The summed E-state index contributed by atoms with van der Waals surface area (Å²) in [6.45, 7) is 2.00. The quantitative estimate of drug-likeness (QED) is 0.528. The van der Waals surface area contributed by atoms with Crippen molar-refractivity contribution in [2.45, 2.75) is 25.8 Å². The van der Waals surface area contributed by atoms with Crippen LogP contribution >= 0.6 is 0 Å². The van der Waals surface area contributed by atoms with Crippen LogP contribution in [0.5, 0.6) is 0 Å². The Morgan fingerprint density at radius 1 is 1.21 bits per heavy atom. The lowest BCUT2D eigenvalue weighted by molar-refractivity contribution is -0.117. The van der Waals surface area contributed by atoms with Gasteiger partial charge in [-0.3, -0.25) is 4.79 Å². The maximum absolute atomic E-state index is 13.3. The van der Waals surface area contributed by atoms with Crippen molar-refractivity contribution in [3.63, 3.8) is 0 Å². The average Bonchev–Trinajstić information content (AvgIpc) is 3.44. The Morgan fingerprint density at radius 2 is 1.90 bits per heavy atom. The molecule has 0 bridgehead atoms. The third-order valence-corrected chi connectivity index (χ3v) is 4.74. The number of aromatic nitrogens is 2. The van der Waals surface area contributed by atoms with Gasteiger partial charge in [-0.25, -0.2) is 9.07 Å². The summed E-state index contributed by atoms with van der Waals surface area (Å²) < 4.78 is 14.9. The van der Waals surface area contributed by atoms with Crippen molar-refractivity contribution in [3.05, 3.63) is 77.2 Å². The molecule has 0 radical (unpaired) electrons. The van der Waals surface area contributed by atoms with Gasteiger partial charge < -0.3 is 5.32 Å². The highest BCUT2D eigenvalue weighted by Crippen LogP contribution is 2.27. The molecule has 3 aromatic rings. The lowest BCUT2D eigenvalue weighted by Crippen LogP contribution is -2.26. The fraction of sp³-hybridized carbons (Fsp3) is 0.174. The number of carbonyl (C=O) groups is 1. The maximum atomic E-state index is 13.3. The van der Waals surface area contributed by atoms with E-state index in [4.69, 9.17) is 0 Å². The molecule has 4 rings (SSSR count). The first kappa shape index (κ1) is 18.6. The first-order valence-corrected chi connectivity index (χ1v) is 9.39. The number of amides is 1. The van der Waals surface area contributed by atoms with Crippen LogP contribution in [0.15, 0.2) is 60.3 Å². The van der Waals surface area contributed by atoms with E-state index in [1.807, 2.05) is 37.3 Å². The van der Waals surface area contributed by atoms with Crippen LogP contribution in [0, 0.1) is 24.1 Å². The highest BCUT2D eigenvalue weighted by Gasteiger charge is 2.25. The number of rotatable bonds is 5. The van der Waals surface area contributed by atoms with Crippen LogP contribution in [0.4, 0.5) is 4.39 Å². The zero-order chi connectivity index (χ0) is 20.4. The molecule has 144 valence electrons. The summed E-state index contributed by atoms with van der Waals surface area (Å²) in [5.74, 6) is -0.706. The predicted octanol–water partition coefficient (Wildman–Crippen LogP) is 4.17. The van der Waals surface area contributed by atoms with Crippen LogP contribution in [0.1, 0.15) is 24.0 Å². The van der Waals surface area contributed by atoms with Gasteiger partial charge in [0, 0.05) is 23.4 Å². The van der Waals surface area contributed by atoms with Gasteiger partial charge in [-0.2, -0.15) is 10.4 Å². The van der Waals surface area contributed by atoms with Crippen molar-refractivity contribution < 1.29 is 9.18 Å². The second-order valence-corrected chi connectivity index (χ2v) is 7.14. The maximum Gasteiger partial charge on any atom is 0.262 e. The average molecular weight is 386 g/mol. The molecule has 1 heterocycles. The lowest BCUT2D eigenvalue weighted by Gasteiger charge is -2.02. The minimum absolute atomic E-state index is 0.0314. The first-order valence-electron chi connectivity index (χ1n) is 9.39. The molecule has 1 aromatic heterocycles. The number of aryl methyl sites for hydroxylation is 1. The van der Waals surface area contributed by atoms with Crippen molar-refractivity contribution in [2.75, 3.05) is 0 Å². The van der Waals surface area contributed by atoms with Crippen molar-refractivity contribution >= 4 is 12.0 Å². The summed E-state index contributed by atoms with van der Waals surface area (Å²) in [7, 11) is 0. The van der Waals surface area contributed by atoms with Crippen molar-refractivity contribution in [2.24, 2.45) is 0 Å². The molecule has 6 heteroatoms. The van der Waals surface area contributed by atoms with Crippen LogP contribution in [-0.2, 0) is 4.79 Å². The number of benzene rings is 2. The van der Waals surface area contributed by atoms with E-state index in [0.29, 0.717) is 16.9 Å². The molecule has 0 unspecified atom stereocenters. The Kier molecular flexibility index (Phi) is 4.96. The molecule has 1 aliphatic carbocycles. The van der Waals surface area contributed by atoms with Crippen LogP contribution in [-0.4, -0.2) is 21.7 Å². The standard InChI is InChI=1S/C23H19FN4O/c1-15-2-4-16(5-3-15)22-18(12-17(13-25)23(29)26-20-8-9-20)14-28(27-22)21-10-6-19(24)7-11-21/h2-7,10-12,14,20H,8-9H2,1H3,(H,26,29)/b17-12+.